The van der Waals surface area contributed by atoms with Crippen molar-refractivity contribution in [2.75, 3.05) is 13.7 Å². The van der Waals surface area contributed by atoms with Gasteiger partial charge in [0.05, 0.1) is 24.9 Å². The topological polar surface area (TPSA) is 66.8 Å². The van der Waals surface area contributed by atoms with Crippen LogP contribution in [-0.4, -0.2) is 35.5 Å². The average Bonchev–Trinajstić information content (AvgIpc) is 2.49. The molecule has 0 atom stereocenters. The lowest BCUT2D eigenvalue weighted by Crippen LogP contribution is -2.46. The molecule has 1 aliphatic carbocycles. The molecule has 0 bridgehead atoms. The second-order valence-electron chi connectivity index (χ2n) is 5.08. The van der Waals surface area contributed by atoms with E-state index >= 15 is 0 Å². The van der Waals surface area contributed by atoms with Crippen molar-refractivity contribution in [3.63, 3.8) is 0 Å². The standard InChI is InChI=1S/C17H16O4/c1-21-16(19)15-8-6-13(7-9-15)4-2-3-5-14-10-17(20,11-14)12-18/h6-9,14,18,20H,10-12H2,1H3/t14-,17-. The third kappa shape index (κ3) is 3.86. The van der Waals surface area contributed by atoms with Crippen molar-refractivity contribution in [3.8, 4) is 23.7 Å². The van der Waals surface area contributed by atoms with Crippen LogP contribution in [0.25, 0.3) is 0 Å². The van der Waals surface area contributed by atoms with Crippen LogP contribution in [-0.2, 0) is 4.74 Å². The Kier molecular flexibility index (Phi) is 4.65. The van der Waals surface area contributed by atoms with E-state index in [1.54, 1.807) is 24.3 Å². The quantitative estimate of drug-likeness (QED) is 0.627. The Hall–Kier alpha value is -2.27. The summed E-state index contributed by atoms with van der Waals surface area (Å²) in [5.74, 6) is 11.0. The predicted octanol–water partition coefficient (Wildman–Crippen LogP) is 0.962. The van der Waals surface area contributed by atoms with Gasteiger partial charge in [0.2, 0.25) is 0 Å². The third-order valence-electron chi connectivity index (χ3n) is 3.40. The van der Waals surface area contributed by atoms with Crippen LogP contribution in [0.2, 0.25) is 0 Å². The monoisotopic (exact) mass is 284 g/mol. The number of aliphatic hydroxyl groups is 2. The van der Waals surface area contributed by atoms with Crippen molar-refractivity contribution in [3.05, 3.63) is 35.4 Å². The molecule has 1 fully saturated rings. The Balaban J connectivity index is 1.91. The minimum atomic E-state index is -0.948. The first-order valence-corrected chi connectivity index (χ1v) is 6.59. The highest BCUT2D eigenvalue weighted by Gasteiger charge is 2.41. The Morgan fingerprint density at radius 2 is 2.00 bits per heavy atom. The van der Waals surface area contributed by atoms with Gasteiger partial charge in [-0.05, 0) is 48.9 Å². The van der Waals surface area contributed by atoms with E-state index in [2.05, 4.69) is 28.4 Å². The highest BCUT2D eigenvalue weighted by atomic mass is 16.5. The maximum atomic E-state index is 11.3. The van der Waals surface area contributed by atoms with Crippen LogP contribution < -0.4 is 0 Å². The lowest BCUT2D eigenvalue weighted by molar-refractivity contribution is -0.0926. The number of methoxy groups -OCH3 is 1. The molecule has 0 saturated heterocycles. The molecule has 4 nitrogen and oxygen atoms in total. The number of hydrogen-bond acceptors (Lipinski definition) is 4. The first-order valence-electron chi connectivity index (χ1n) is 6.59. The number of benzene rings is 1. The summed E-state index contributed by atoms with van der Waals surface area (Å²) in [6.45, 7) is -0.219. The van der Waals surface area contributed by atoms with Crippen molar-refractivity contribution >= 4 is 5.97 Å². The molecule has 1 aliphatic rings. The van der Waals surface area contributed by atoms with Gasteiger partial charge in [-0.1, -0.05) is 11.8 Å². The summed E-state index contributed by atoms with van der Waals surface area (Å²) < 4.78 is 4.61. The van der Waals surface area contributed by atoms with Crippen LogP contribution in [0, 0.1) is 29.6 Å². The second-order valence-corrected chi connectivity index (χ2v) is 5.08. The number of rotatable bonds is 2. The number of ether oxygens (including phenoxy) is 1. The summed E-state index contributed by atoms with van der Waals surface area (Å²) in [5.41, 5.74) is 0.292. The lowest BCUT2D eigenvalue weighted by Gasteiger charge is -2.39. The predicted molar refractivity (Wildman–Crippen MR) is 77.2 cm³/mol. The summed E-state index contributed by atoms with van der Waals surface area (Å²) in [6.07, 6.45) is 0.984. The van der Waals surface area contributed by atoms with Gasteiger partial charge in [0, 0.05) is 11.5 Å². The molecule has 0 aromatic heterocycles. The van der Waals surface area contributed by atoms with E-state index < -0.39 is 5.60 Å². The Labute approximate surface area is 123 Å². The van der Waals surface area contributed by atoms with Gasteiger partial charge in [0.15, 0.2) is 0 Å². The van der Waals surface area contributed by atoms with E-state index in [0.29, 0.717) is 18.4 Å². The molecule has 0 spiro atoms. The maximum Gasteiger partial charge on any atom is 0.337 e. The molecule has 4 heteroatoms. The molecule has 2 rings (SSSR count). The summed E-state index contributed by atoms with van der Waals surface area (Å²) in [5, 5.41) is 18.5. The molecule has 0 amide bonds. The zero-order valence-corrected chi connectivity index (χ0v) is 11.7. The van der Waals surface area contributed by atoms with E-state index in [0.717, 1.165) is 5.56 Å². The molecule has 108 valence electrons. The van der Waals surface area contributed by atoms with E-state index in [1.165, 1.54) is 7.11 Å². The van der Waals surface area contributed by atoms with Crippen LogP contribution in [0.15, 0.2) is 24.3 Å². The maximum absolute atomic E-state index is 11.3. The van der Waals surface area contributed by atoms with Gasteiger partial charge >= 0.3 is 5.97 Å². The molecular formula is C17H16O4. The highest BCUT2D eigenvalue weighted by molar-refractivity contribution is 5.89. The molecule has 21 heavy (non-hydrogen) atoms. The Bertz CT molecular complexity index is 631. The highest BCUT2D eigenvalue weighted by Crippen LogP contribution is 2.36. The van der Waals surface area contributed by atoms with Gasteiger partial charge in [-0.15, -0.1) is 0 Å². The Morgan fingerprint density at radius 1 is 1.33 bits per heavy atom. The number of hydrogen-bond donors (Lipinski definition) is 2. The van der Waals surface area contributed by atoms with Crippen LogP contribution in [0.1, 0.15) is 28.8 Å². The van der Waals surface area contributed by atoms with Crippen LogP contribution >= 0.6 is 0 Å². The Morgan fingerprint density at radius 3 is 2.57 bits per heavy atom. The SMILES string of the molecule is COC(=O)c1ccc(C#CC#C[C@H]2C[C@@](O)(CO)C2)cc1. The van der Waals surface area contributed by atoms with Crippen molar-refractivity contribution in [2.24, 2.45) is 5.92 Å². The fourth-order valence-electron chi connectivity index (χ4n) is 2.14. The zero-order valence-electron chi connectivity index (χ0n) is 11.7. The van der Waals surface area contributed by atoms with Crippen molar-refractivity contribution < 1.29 is 19.7 Å². The van der Waals surface area contributed by atoms with Crippen molar-refractivity contribution in [2.45, 2.75) is 18.4 Å². The number of carbonyl (C=O) groups excluding carboxylic acids is 1. The van der Waals surface area contributed by atoms with Gasteiger partial charge in [0.1, 0.15) is 0 Å². The van der Waals surface area contributed by atoms with E-state index in [-0.39, 0.29) is 18.5 Å². The summed E-state index contributed by atoms with van der Waals surface area (Å²) >= 11 is 0. The summed E-state index contributed by atoms with van der Waals surface area (Å²) in [7, 11) is 1.34. The van der Waals surface area contributed by atoms with Crippen LogP contribution in [0.5, 0.6) is 0 Å². The number of carbonyl (C=O) groups is 1. The van der Waals surface area contributed by atoms with E-state index in [4.69, 9.17) is 5.11 Å². The molecule has 0 unspecified atom stereocenters. The molecule has 0 heterocycles. The average molecular weight is 284 g/mol. The van der Waals surface area contributed by atoms with E-state index in [1.807, 2.05) is 0 Å². The first kappa shape index (κ1) is 15.1. The van der Waals surface area contributed by atoms with Crippen LogP contribution in [0.3, 0.4) is 0 Å². The lowest BCUT2D eigenvalue weighted by atomic mass is 9.72. The van der Waals surface area contributed by atoms with Gasteiger partial charge in [-0.25, -0.2) is 4.79 Å². The third-order valence-corrected chi connectivity index (χ3v) is 3.40. The second kappa shape index (κ2) is 6.45. The smallest absolute Gasteiger partial charge is 0.337 e. The summed E-state index contributed by atoms with van der Waals surface area (Å²) in [4.78, 5) is 11.3. The minimum absolute atomic E-state index is 0.0955. The normalized spacial score (nSPS) is 22.9. The molecule has 0 radical (unpaired) electrons. The van der Waals surface area contributed by atoms with Crippen LogP contribution in [0.4, 0.5) is 0 Å². The largest absolute Gasteiger partial charge is 0.465 e. The molecule has 1 aromatic carbocycles. The van der Waals surface area contributed by atoms with Gasteiger partial charge in [-0.3, -0.25) is 0 Å². The van der Waals surface area contributed by atoms with Gasteiger partial charge in [0.25, 0.3) is 0 Å². The molecule has 1 aromatic rings. The van der Waals surface area contributed by atoms with Gasteiger partial charge < -0.3 is 14.9 Å². The fourth-order valence-corrected chi connectivity index (χ4v) is 2.14. The number of esters is 1. The number of aliphatic hydroxyl groups excluding tert-OH is 1. The van der Waals surface area contributed by atoms with Crippen molar-refractivity contribution in [1.82, 2.24) is 0 Å². The van der Waals surface area contributed by atoms with Gasteiger partial charge in [-0.2, -0.15) is 0 Å². The molecule has 0 aliphatic heterocycles. The summed E-state index contributed by atoms with van der Waals surface area (Å²) in [6, 6.07) is 6.76. The zero-order chi connectivity index (χ0) is 15.3. The fraction of sp³-hybridized carbons (Fsp3) is 0.353. The molecular weight excluding hydrogens is 268 g/mol. The molecule has 1 saturated carbocycles. The molecule has 2 N–H and O–H groups in total. The first-order chi connectivity index (χ1) is 10.1. The minimum Gasteiger partial charge on any atom is -0.465 e. The van der Waals surface area contributed by atoms with Crippen molar-refractivity contribution in [1.29, 1.82) is 0 Å². The van der Waals surface area contributed by atoms with E-state index in [9.17, 15) is 9.90 Å².